The van der Waals surface area contributed by atoms with E-state index in [1.54, 1.807) is 0 Å². The Morgan fingerprint density at radius 2 is 2.14 bits per heavy atom. The molecule has 9 heteroatoms. The Morgan fingerprint density at radius 1 is 1.48 bits per heavy atom. The van der Waals surface area contributed by atoms with Crippen LogP contribution in [0.5, 0.6) is 0 Å². The third-order valence-electron chi connectivity index (χ3n) is 3.45. The maximum atomic E-state index is 12.3. The lowest BCUT2D eigenvalue weighted by Gasteiger charge is -2.29. The lowest BCUT2D eigenvalue weighted by atomic mass is 9.98. The van der Waals surface area contributed by atoms with E-state index in [1.165, 1.54) is 11.8 Å². The number of carboxylic acids is 1. The normalized spacial score (nSPS) is 19.5. The summed E-state index contributed by atoms with van der Waals surface area (Å²) in [6.45, 7) is 1.89. The number of amides is 1. The molecule has 1 aliphatic rings. The molecule has 0 bridgehead atoms. The van der Waals surface area contributed by atoms with Gasteiger partial charge in [-0.2, -0.15) is 0 Å². The Labute approximate surface area is 121 Å². The summed E-state index contributed by atoms with van der Waals surface area (Å²) in [6.07, 6.45) is 1.09. The summed E-state index contributed by atoms with van der Waals surface area (Å²) in [5.41, 5.74) is 0. The Kier molecular flexibility index (Phi) is 4.06. The van der Waals surface area contributed by atoms with Crippen molar-refractivity contribution in [1.82, 2.24) is 4.90 Å². The molecule has 0 radical (unpaired) electrons. The molecule has 8 nitrogen and oxygen atoms in total. The summed E-state index contributed by atoms with van der Waals surface area (Å²) in [5, 5.41) is 14.0. The van der Waals surface area contributed by atoms with Crippen molar-refractivity contribution in [2.45, 2.75) is 24.7 Å². The minimum Gasteiger partial charge on any atom is -0.481 e. The van der Waals surface area contributed by atoms with Gasteiger partial charge in [0.05, 0.1) is 5.92 Å². The Balaban J connectivity index is 2.23. The third kappa shape index (κ3) is 3.24. The minimum atomic E-state index is -3.96. The molecule has 1 aromatic rings. The molecule has 3 N–H and O–H groups in total. The molecule has 1 unspecified atom stereocenters. The standard InChI is InChI=1S/C12H16N2O6S/c1-7-10(21(13,18)19)5-9(20-7)11(15)14-4-2-3-8(6-14)12(16)17/h5,8H,2-4,6H2,1H3,(H,16,17)(H2,13,18,19). The van der Waals surface area contributed by atoms with Gasteiger partial charge in [-0.1, -0.05) is 0 Å². The van der Waals surface area contributed by atoms with Crippen LogP contribution < -0.4 is 5.14 Å². The van der Waals surface area contributed by atoms with Gasteiger partial charge in [0.15, 0.2) is 5.76 Å². The number of piperidine rings is 1. The molecule has 1 amide bonds. The Bertz CT molecular complexity index is 678. The van der Waals surface area contributed by atoms with E-state index < -0.39 is 27.8 Å². The summed E-state index contributed by atoms with van der Waals surface area (Å²) < 4.78 is 27.8. The Morgan fingerprint density at radius 3 is 2.67 bits per heavy atom. The second-order valence-corrected chi connectivity index (χ2v) is 6.53. The number of nitrogens with zero attached hydrogens (tertiary/aromatic N) is 1. The van der Waals surface area contributed by atoms with E-state index >= 15 is 0 Å². The molecular weight excluding hydrogens is 300 g/mol. The summed E-state index contributed by atoms with van der Waals surface area (Å²) in [5.74, 6) is -2.21. The summed E-state index contributed by atoms with van der Waals surface area (Å²) >= 11 is 0. The predicted octanol–water partition coefficient (Wildman–Crippen LogP) is 0.172. The quantitative estimate of drug-likeness (QED) is 0.817. The molecule has 0 aromatic carbocycles. The number of aliphatic carboxylic acids is 1. The zero-order chi connectivity index (χ0) is 15.8. The number of aryl methyl sites for hydroxylation is 1. The SMILES string of the molecule is Cc1oc(C(=O)N2CCCC(C(=O)O)C2)cc1S(N)(=O)=O. The molecule has 21 heavy (non-hydrogen) atoms. The summed E-state index contributed by atoms with van der Waals surface area (Å²) in [7, 11) is -3.96. The number of hydrogen-bond acceptors (Lipinski definition) is 5. The maximum absolute atomic E-state index is 12.3. The van der Waals surface area contributed by atoms with Gasteiger partial charge in [-0.05, 0) is 19.8 Å². The smallest absolute Gasteiger partial charge is 0.308 e. The number of furan rings is 1. The van der Waals surface area contributed by atoms with Crippen molar-refractivity contribution >= 4 is 21.9 Å². The van der Waals surface area contributed by atoms with Crippen LogP contribution in [-0.4, -0.2) is 43.4 Å². The van der Waals surface area contributed by atoms with Crippen LogP contribution >= 0.6 is 0 Å². The van der Waals surface area contributed by atoms with Gasteiger partial charge in [-0.25, -0.2) is 13.6 Å². The lowest BCUT2D eigenvalue weighted by molar-refractivity contribution is -0.143. The highest BCUT2D eigenvalue weighted by Crippen LogP contribution is 2.23. The first-order chi connectivity index (χ1) is 9.70. The van der Waals surface area contributed by atoms with Crippen molar-refractivity contribution in [3.05, 3.63) is 17.6 Å². The van der Waals surface area contributed by atoms with Gasteiger partial charge in [0.2, 0.25) is 10.0 Å². The highest BCUT2D eigenvalue weighted by Gasteiger charge is 2.31. The van der Waals surface area contributed by atoms with Crippen LogP contribution in [0, 0.1) is 12.8 Å². The monoisotopic (exact) mass is 316 g/mol. The van der Waals surface area contributed by atoms with E-state index in [0.29, 0.717) is 19.4 Å². The van der Waals surface area contributed by atoms with E-state index in [9.17, 15) is 18.0 Å². The van der Waals surface area contributed by atoms with E-state index in [2.05, 4.69) is 0 Å². The number of primary sulfonamides is 1. The molecule has 1 fully saturated rings. The zero-order valence-electron chi connectivity index (χ0n) is 11.4. The average molecular weight is 316 g/mol. The number of sulfonamides is 1. The van der Waals surface area contributed by atoms with Crippen molar-refractivity contribution in [3.8, 4) is 0 Å². The fourth-order valence-electron chi connectivity index (χ4n) is 2.37. The molecule has 1 atom stereocenters. The Hall–Kier alpha value is -1.87. The maximum Gasteiger partial charge on any atom is 0.308 e. The van der Waals surface area contributed by atoms with Crippen LogP contribution in [0.4, 0.5) is 0 Å². The van der Waals surface area contributed by atoms with Gasteiger partial charge in [0, 0.05) is 19.2 Å². The van der Waals surface area contributed by atoms with Crippen molar-refractivity contribution in [2.24, 2.45) is 11.1 Å². The average Bonchev–Trinajstić information content (AvgIpc) is 2.80. The molecule has 1 aromatic heterocycles. The predicted molar refractivity (Wildman–Crippen MR) is 71.1 cm³/mol. The molecule has 0 saturated carbocycles. The molecule has 116 valence electrons. The number of likely N-dealkylation sites (tertiary alicyclic amines) is 1. The van der Waals surface area contributed by atoms with Crippen LogP contribution in [0.1, 0.15) is 29.2 Å². The van der Waals surface area contributed by atoms with Crippen LogP contribution in [0.15, 0.2) is 15.4 Å². The molecule has 2 rings (SSSR count). The van der Waals surface area contributed by atoms with Gasteiger partial charge >= 0.3 is 5.97 Å². The topological polar surface area (TPSA) is 131 Å². The molecular formula is C12H16N2O6S. The van der Waals surface area contributed by atoms with E-state index in [1.807, 2.05) is 0 Å². The van der Waals surface area contributed by atoms with Crippen LogP contribution in [0.3, 0.4) is 0 Å². The van der Waals surface area contributed by atoms with Gasteiger partial charge in [-0.3, -0.25) is 9.59 Å². The zero-order valence-corrected chi connectivity index (χ0v) is 12.2. The fourth-order valence-corrected chi connectivity index (χ4v) is 3.09. The fraction of sp³-hybridized carbons (Fsp3) is 0.500. The first-order valence-corrected chi connectivity index (χ1v) is 7.90. The van der Waals surface area contributed by atoms with Crippen LogP contribution in [0.25, 0.3) is 0 Å². The highest BCUT2D eigenvalue weighted by molar-refractivity contribution is 7.89. The molecule has 1 aliphatic heterocycles. The van der Waals surface area contributed by atoms with E-state index in [4.69, 9.17) is 14.7 Å². The van der Waals surface area contributed by atoms with Crippen molar-refractivity contribution in [2.75, 3.05) is 13.1 Å². The minimum absolute atomic E-state index is 0.0349. The molecule has 0 aliphatic carbocycles. The molecule has 2 heterocycles. The molecule has 1 saturated heterocycles. The first-order valence-electron chi connectivity index (χ1n) is 6.35. The van der Waals surface area contributed by atoms with Crippen molar-refractivity contribution in [1.29, 1.82) is 0 Å². The number of carbonyl (C=O) groups excluding carboxylic acids is 1. The number of nitrogens with two attached hydrogens (primary N) is 1. The number of rotatable bonds is 3. The van der Waals surface area contributed by atoms with E-state index in [0.717, 1.165) is 6.07 Å². The summed E-state index contributed by atoms with van der Waals surface area (Å²) in [6, 6.07) is 1.08. The van der Waals surface area contributed by atoms with Gasteiger partial charge in [0.1, 0.15) is 10.7 Å². The second kappa shape index (κ2) is 5.49. The van der Waals surface area contributed by atoms with Gasteiger partial charge in [-0.15, -0.1) is 0 Å². The van der Waals surface area contributed by atoms with Crippen molar-refractivity contribution in [3.63, 3.8) is 0 Å². The lowest BCUT2D eigenvalue weighted by Crippen LogP contribution is -2.42. The van der Waals surface area contributed by atoms with Crippen LogP contribution in [-0.2, 0) is 14.8 Å². The number of carbonyl (C=O) groups is 2. The van der Waals surface area contributed by atoms with Crippen molar-refractivity contribution < 1.29 is 27.5 Å². The largest absolute Gasteiger partial charge is 0.481 e. The third-order valence-corrected chi connectivity index (χ3v) is 4.47. The second-order valence-electron chi connectivity index (χ2n) is 5.00. The number of hydrogen-bond donors (Lipinski definition) is 2. The van der Waals surface area contributed by atoms with Crippen LogP contribution in [0.2, 0.25) is 0 Å². The first kappa shape index (κ1) is 15.5. The number of carboxylic acid groups (broad SMARTS) is 1. The van der Waals surface area contributed by atoms with Gasteiger partial charge in [0.25, 0.3) is 5.91 Å². The summed E-state index contributed by atoms with van der Waals surface area (Å²) in [4.78, 5) is 24.4. The molecule has 0 spiro atoms. The van der Waals surface area contributed by atoms with E-state index in [-0.39, 0.29) is 23.0 Å². The van der Waals surface area contributed by atoms with Gasteiger partial charge < -0.3 is 14.4 Å². The highest BCUT2D eigenvalue weighted by atomic mass is 32.2.